The van der Waals surface area contributed by atoms with Crippen LogP contribution in [0.25, 0.3) is 0 Å². The normalized spacial score (nSPS) is 17.7. The second-order valence-corrected chi connectivity index (χ2v) is 9.18. The Morgan fingerprint density at radius 2 is 1.81 bits per heavy atom. The van der Waals surface area contributed by atoms with Crippen LogP contribution in [-0.4, -0.2) is 44.7 Å². The van der Waals surface area contributed by atoms with Gasteiger partial charge in [0.05, 0.1) is 23.8 Å². The van der Waals surface area contributed by atoms with Crippen molar-refractivity contribution in [2.45, 2.75) is 24.3 Å². The number of sulfone groups is 1. The van der Waals surface area contributed by atoms with E-state index in [9.17, 15) is 13.2 Å². The highest BCUT2D eigenvalue weighted by molar-refractivity contribution is 7.91. The molecule has 1 saturated heterocycles. The van der Waals surface area contributed by atoms with Crippen LogP contribution < -0.4 is 0 Å². The first-order valence-corrected chi connectivity index (χ1v) is 10.8. The van der Waals surface area contributed by atoms with Crippen LogP contribution in [0.1, 0.15) is 23.7 Å². The predicted molar refractivity (Wildman–Crippen MR) is 105 cm³/mol. The highest BCUT2D eigenvalue weighted by Gasteiger charge is 2.26. The number of rotatable bonds is 5. The van der Waals surface area contributed by atoms with Gasteiger partial charge in [-0.25, -0.2) is 8.42 Å². The van der Waals surface area contributed by atoms with Gasteiger partial charge in [0.25, 0.3) is 0 Å². The van der Waals surface area contributed by atoms with Crippen molar-refractivity contribution in [2.24, 2.45) is 0 Å². The van der Waals surface area contributed by atoms with E-state index in [0.717, 1.165) is 11.1 Å². The molecule has 1 aliphatic heterocycles. The number of amides is 1. The molecular weight excluding hydrogens is 386 g/mol. The quantitative estimate of drug-likeness (QED) is 0.761. The zero-order valence-corrected chi connectivity index (χ0v) is 16.7. The molecule has 0 saturated carbocycles. The molecule has 0 N–H and O–H groups in total. The number of ether oxygens (including phenoxy) is 1. The SMILES string of the molecule is Cc1ccc(S(=O)(=O)CCC(=O)N2CCOC(c3ccc(Cl)cc3)C2)cc1. The average Bonchev–Trinajstić information content (AvgIpc) is 2.67. The van der Waals surface area contributed by atoms with E-state index in [-0.39, 0.29) is 29.1 Å². The van der Waals surface area contributed by atoms with E-state index in [2.05, 4.69) is 0 Å². The van der Waals surface area contributed by atoms with E-state index in [1.54, 1.807) is 41.3 Å². The van der Waals surface area contributed by atoms with E-state index < -0.39 is 9.84 Å². The number of morpholine rings is 1. The van der Waals surface area contributed by atoms with E-state index >= 15 is 0 Å². The van der Waals surface area contributed by atoms with Crippen molar-refractivity contribution in [2.75, 3.05) is 25.4 Å². The zero-order valence-electron chi connectivity index (χ0n) is 15.1. The van der Waals surface area contributed by atoms with Crippen molar-refractivity contribution in [1.82, 2.24) is 4.90 Å². The van der Waals surface area contributed by atoms with Crippen molar-refractivity contribution >= 4 is 27.3 Å². The maximum absolute atomic E-state index is 12.5. The van der Waals surface area contributed by atoms with Gasteiger partial charge >= 0.3 is 0 Å². The molecule has 2 aromatic rings. The lowest BCUT2D eigenvalue weighted by molar-refractivity contribution is -0.138. The Balaban J connectivity index is 1.60. The van der Waals surface area contributed by atoms with Gasteiger partial charge in [0.1, 0.15) is 6.10 Å². The van der Waals surface area contributed by atoms with E-state index in [0.29, 0.717) is 24.7 Å². The number of hydrogen-bond donors (Lipinski definition) is 0. The molecule has 0 radical (unpaired) electrons. The first kappa shape index (κ1) is 19.9. The van der Waals surface area contributed by atoms with Crippen LogP contribution in [-0.2, 0) is 19.4 Å². The minimum atomic E-state index is -3.47. The molecule has 0 aromatic heterocycles. The third-order valence-corrected chi connectivity index (χ3v) is 6.61. The largest absolute Gasteiger partial charge is 0.370 e. The fraction of sp³-hybridized carbons (Fsp3) is 0.350. The van der Waals surface area contributed by atoms with Crippen LogP contribution in [0.15, 0.2) is 53.4 Å². The molecule has 0 spiro atoms. The summed E-state index contributed by atoms with van der Waals surface area (Å²) in [4.78, 5) is 14.5. The minimum Gasteiger partial charge on any atom is -0.370 e. The zero-order chi connectivity index (χ0) is 19.4. The Morgan fingerprint density at radius 3 is 2.48 bits per heavy atom. The summed E-state index contributed by atoms with van der Waals surface area (Å²) in [5.41, 5.74) is 1.94. The van der Waals surface area contributed by atoms with Gasteiger partial charge in [-0.15, -0.1) is 0 Å². The Hall–Kier alpha value is -1.89. The van der Waals surface area contributed by atoms with E-state index in [1.807, 2.05) is 19.1 Å². The summed E-state index contributed by atoms with van der Waals surface area (Å²) in [6, 6.07) is 14.0. The van der Waals surface area contributed by atoms with Crippen molar-refractivity contribution in [3.63, 3.8) is 0 Å². The third-order valence-electron chi connectivity index (χ3n) is 4.63. The van der Waals surface area contributed by atoms with Gasteiger partial charge < -0.3 is 9.64 Å². The molecule has 0 aliphatic carbocycles. The van der Waals surface area contributed by atoms with Gasteiger partial charge in [-0.2, -0.15) is 0 Å². The number of carbonyl (C=O) groups excluding carboxylic acids is 1. The van der Waals surface area contributed by atoms with Gasteiger partial charge in [0.2, 0.25) is 5.91 Å². The van der Waals surface area contributed by atoms with Crippen molar-refractivity contribution in [1.29, 1.82) is 0 Å². The second kappa shape index (κ2) is 8.42. The lowest BCUT2D eigenvalue weighted by Gasteiger charge is -2.33. The molecule has 1 heterocycles. The standard InChI is InChI=1S/C20H22ClNO4S/c1-15-2-8-18(9-3-15)27(24,25)13-10-20(23)22-11-12-26-19(14-22)16-4-6-17(21)7-5-16/h2-9,19H,10-14H2,1H3. The molecule has 7 heteroatoms. The number of aryl methyl sites for hydroxylation is 1. The Morgan fingerprint density at radius 1 is 1.15 bits per heavy atom. The summed E-state index contributed by atoms with van der Waals surface area (Å²) in [6.45, 7) is 3.19. The number of benzene rings is 2. The molecule has 3 rings (SSSR count). The summed E-state index contributed by atoms with van der Waals surface area (Å²) >= 11 is 5.91. The van der Waals surface area contributed by atoms with Gasteiger partial charge in [0.15, 0.2) is 9.84 Å². The van der Waals surface area contributed by atoms with Gasteiger partial charge in [-0.05, 0) is 36.8 Å². The maximum Gasteiger partial charge on any atom is 0.223 e. The lowest BCUT2D eigenvalue weighted by Crippen LogP contribution is -2.42. The fourth-order valence-corrected chi connectivity index (χ4v) is 4.35. The smallest absolute Gasteiger partial charge is 0.223 e. The topological polar surface area (TPSA) is 63.7 Å². The number of halogens is 1. The van der Waals surface area contributed by atoms with Crippen molar-refractivity contribution in [3.05, 3.63) is 64.7 Å². The average molecular weight is 408 g/mol. The molecule has 1 amide bonds. The molecular formula is C20H22ClNO4S. The highest BCUT2D eigenvalue weighted by atomic mass is 35.5. The maximum atomic E-state index is 12.5. The third kappa shape index (κ3) is 5.09. The van der Waals surface area contributed by atoms with Gasteiger partial charge in [-0.1, -0.05) is 41.4 Å². The Kier molecular flexibility index (Phi) is 6.19. The molecule has 1 unspecified atom stereocenters. The van der Waals surface area contributed by atoms with E-state index in [4.69, 9.17) is 16.3 Å². The van der Waals surface area contributed by atoms with Crippen LogP contribution >= 0.6 is 11.6 Å². The molecule has 1 atom stereocenters. The fourth-order valence-electron chi connectivity index (χ4n) is 3.00. The Bertz CT molecular complexity index is 895. The molecule has 144 valence electrons. The molecule has 1 fully saturated rings. The number of carbonyl (C=O) groups is 1. The first-order chi connectivity index (χ1) is 12.8. The Labute approximate surface area is 164 Å². The van der Waals surface area contributed by atoms with Crippen molar-refractivity contribution < 1.29 is 17.9 Å². The van der Waals surface area contributed by atoms with Crippen LogP contribution in [0.5, 0.6) is 0 Å². The number of hydrogen-bond acceptors (Lipinski definition) is 4. The summed E-state index contributed by atoms with van der Waals surface area (Å²) in [5.74, 6) is -0.370. The minimum absolute atomic E-state index is 0.0381. The van der Waals surface area contributed by atoms with Crippen LogP contribution in [0.3, 0.4) is 0 Å². The van der Waals surface area contributed by atoms with Crippen molar-refractivity contribution in [3.8, 4) is 0 Å². The lowest BCUT2D eigenvalue weighted by atomic mass is 10.1. The predicted octanol–water partition coefficient (Wildman–Crippen LogP) is 3.41. The molecule has 1 aliphatic rings. The van der Waals surface area contributed by atoms with Gasteiger partial charge in [-0.3, -0.25) is 4.79 Å². The first-order valence-electron chi connectivity index (χ1n) is 8.79. The molecule has 27 heavy (non-hydrogen) atoms. The van der Waals surface area contributed by atoms with Crippen LogP contribution in [0.2, 0.25) is 5.02 Å². The monoisotopic (exact) mass is 407 g/mol. The summed E-state index contributed by atoms with van der Waals surface area (Å²) in [5, 5.41) is 0.642. The molecule has 5 nitrogen and oxygen atoms in total. The highest BCUT2D eigenvalue weighted by Crippen LogP contribution is 2.24. The molecule has 2 aromatic carbocycles. The van der Waals surface area contributed by atoms with Crippen LogP contribution in [0, 0.1) is 6.92 Å². The second-order valence-electron chi connectivity index (χ2n) is 6.63. The van der Waals surface area contributed by atoms with Crippen LogP contribution in [0.4, 0.5) is 0 Å². The summed E-state index contributed by atoms with van der Waals surface area (Å²) in [6.07, 6.45) is -0.266. The van der Waals surface area contributed by atoms with Gasteiger partial charge in [0, 0.05) is 18.0 Å². The van der Waals surface area contributed by atoms with E-state index in [1.165, 1.54) is 0 Å². The summed E-state index contributed by atoms with van der Waals surface area (Å²) in [7, 11) is -3.47. The summed E-state index contributed by atoms with van der Waals surface area (Å²) < 4.78 is 30.6. The molecule has 0 bridgehead atoms. The number of nitrogens with zero attached hydrogens (tertiary/aromatic N) is 1.